The maximum absolute atomic E-state index is 13.3. The topological polar surface area (TPSA) is 80.1 Å². The van der Waals surface area contributed by atoms with E-state index in [0.29, 0.717) is 23.3 Å². The first-order valence-corrected chi connectivity index (χ1v) is 12.0. The molecular formula is C26H23NO4S. The Bertz CT molecular complexity index is 1390. The molecule has 3 aromatic carbocycles. The molecule has 4 aromatic rings. The number of H-pyrrole nitrogens is 1. The molecule has 32 heavy (non-hydrogen) atoms. The Hall–Kier alpha value is -3.25. The molecule has 0 amide bonds. The number of aromatic nitrogens is 1. The van der Waals surface area contributed by atoms with Crippen molar-refractivity contribution in [3.63, 3.8) is 0 Å². The first kappa shape index (κ1) is 20.6. The number of nitrogens with one attached hydrogen (secondary N) is 1. The van der Waals surface area contributed by atoms with Gasteiger partial charge in [-0.15, -0.1) is 0 Å². The number of carbonyl (C=O) groups is 1. The second-order valence-electron chi connectivity index (χ2n) is 8.27. The molecule has 6 heteroatoms. The van der Waals surface area contributed by atoms with E-state index in [1.165, 1.54) is 0 Å². The number of rotatable bonds is 7. The van der Waals surface area contributed by atoms with Gasteiger partial charge in [0.1, 0.15) is 5.78 Å². The molecule has 5 rings (SSSR count). The number of aromatic amines is 1. The summed E-state index contributed by atoms with van der Waals surface area (Å²) in [6, 6.07) is 21.3. The number of ketones is 1. The second-order valence-corrected chi connectivity index (χ2v) is 10.0. The van der Waals surface area contributed by atoms with Crippen molar-refractivity contribution in [2.45, 2.75) is 36.5 Å². The number of carbonyl (C=O) groups excluding carboxylic acids is 1. The third-order valence-electron chi connectivity index (χ3n) is 6.26. The van der Waals surface area contributed by atoms with E-state index in [-0.39, 0.29) is 5.78 Å². The van der Waals surface area contributed by atoms with Gasteiger partial charge in [0.2, 0.25) is 0 Å². The summed E-state index contributed by atoms with van der Waals surface area (Å²) in [5.41, 5.74) is 4.62. The number of Topliss-reactive ketones (excluding diaryl/α,β-unsaturated/α-hetero) is 1. The van der Waals surface area contributed by atoms with Crippen LogP contribution < -0.4 is 5.76 Å². The van der Waals surface area contributed by atoms with Crippen molar-refractivity contribution in [1.82, 2.24) is 4.98 Å². The minimum atomic E-state index is -0.966. The van der Waals surface area contributed by atoms with Gasteiger partial charge in [0.25, 0.3) is 0 Å². The third-order valence-corrected chi connectivity index (χ3v) is 7.58. The highest BCUT2D eigenvalue weighted by atomic mass is 32.2. The van der Waals surface area contributed by atoms with Crippen LogP contribution in [-0.4, -0.2) is 20.7 Å². The van der Waals surface area contributed by atoms with E-state index in [1.807, 2.05) is 61.5 Å². The first-order chi connectivity index (χ1) is 15.5. The lowest BCUT2D eigenvalue weighted by Gasteiger charge is -2.15. The van der Waals surface area contributed by atoms with Gasteiger partial charge in [-0.2, -0.15) is 0 Å². The molecule has 1 aromatic heterocycles. The maximum atomic E-state index is 13.3. The minimum absolute atomic E-state index is 0.188. The van der Waals surface area contributed by atoms with Crippen LogP contribution in [0.5, 0.6) is 0 Å². The van der Waals surface area contributed by atoms with E-state index >= 15 is 0 Å². The molecule has 5 nitrogen and oxygen atoms in total. The van der Waals surface area contributed by atoms with Crippen LogP contribution in [0.4, 0.5) is 0 Å². The molecule has 0 saturated heterocycles. The van der Waals surface area contributed by atoms with Crippen LogP contribution in [0.15, 0.2) is 80.8 Å². The van der Waals surface area contributed by atoms with Crippen LogP contribution in [0.1, 0.15) is 30.9 Å². The Morgan fingerprint density at radius 3 is 2.53 bits per heavy atom. The lowest BCUT2D eigenvalue weighted by molar-refractivity contribution is -0.120. The summed E-state index contributed by atoms with van der Waals surface area (Å²) in [4.78, 5) is 28.3. The van der Waals surface area contributed by atoms with Gasteiger partial charge in [0.05, 0.1) is 21.7 Å². The van der Waals surface area contributed by atoms with Crippen molar-refractivity contribution in [3.8, 4) is 11.1 Å². The van der Waals surface area contributed by atoms with E-state index in [4.69, 9.17) is 4.42 Å². The van der Waals surface area contributed by atoms with Crippen LogP contribution in [0.3, 0.4) is 0 Å². The fraction of sp³-hybridized carbons (Fsp3) is 0.231. The molecule has 0 spiro atoms. The summed E-state index contributed by atoms with van der Waals surface area (Å²) in [6.45, 7) is 1.91. The standard InChI is InChI=1S/C26H23NO4S/c1-2-32(30)21-9-6-18(7-10-21)19-5-3-4-17(14-19)15-24(28)26(12-13-26)20-8-11-23-22(16-20)27-25(29)31-23/h3-11,14,16H,2,12-13,15H2,1H3,(H,27,29). The van der Waals surface area contributed by atoms with Gasteiger partial charge in [0, 0.05) is 17.1 Å². The highest BCUT2D eigenvalue weighted by molar-refractivity contribution is 7.85. The van der Waals surface area contributed by atoms with Gasteiger partial charge in [0.15, 0.2) is 5.58 Å². The predicted molar refractivity (Wildman–Crippen MR) is 125 cm³/mol. The van der Waals surface area contributed by atoms with E-state index in [1.54, 1.807) is 6.07 Å². The molecule has 1 aliphatic carbocycles. The third kappa shape index (κ3) is 3.75. The maximum Gasteiger partial charge on any atom is 0.417 e. The minimum Gasteiger partial charge on any atom is -0.408 e. The Balaban J connectivity index is 1.37. The van der Waals surface area contributed by atoms with Crippen molar-refractivity contribution in [2.75, 3.05) is 5.75 Å². The number of hydrogen-bond donors (Lipinski definition) is 1. The summed E-state index contributed by atoms with van der Waals surface area (Å²) < 4.78 is 17.1. The average Bonchev–Trinajstić information content (AvgIpc) is 3.54. The van der Waals surface area contributed by atoms with Crippen molar-refractivity contribution < 1.29 is 13.4 Å². The number of oxazole rings is 1. The molecule has 1 N–H and O–H groups in total. The Morgan fingerprint density at radius 1 is 1.03 bits per heavy atom. The normalized spacial score (nSPS) is 15.5. The largest absolute Gasteiger partial charge is 0.417 e. The Labute approximate surface area is 187 Å². The highest BCUT2D eigenvalue weighted by Gasteiger charge is 2.50. The quantitative estimate of drug-likeness (QED) is 0.445. The molecule has 1 heterocycles. The van der Waals surface area contributed by atoms with E-state index in [9.17, 15) is 13.8 Å². The monoisotopic (exact) mass is 445 g/mol. The summed E-state index contributed by atoms with van der Waals surface area (Å²) in [6.07, 6.45) is 1.98. The molecule has 0 radical (unpaired) electrons. The lowest BCUT2D eigenvalue weighted by atomic mass is 9.87. The average molecular weight is 446 g/mol. The van der Waals surface area contributed by atoms with Gasteiger partial charge in [-0.3, -0.25) is 14.0 Å². The molecular weight excluding hydrogens is 422 g/mol. The zero-order valence-corrected chi connectivity index (χ0v) is 18.5. The lowest BCUT2D eigenvalue weighted by Crippen LogP contribution is -2.22. The summed E-state index contributed by atoms with van der Waals surface area (Å²) >= 11 is 0. The molecule has 1 aliphatic rings. The summed E-state index contributed by atoms with van der Waals surface area (Å²) in [5.74, 6) is 0.301. The van der Waals surface area contributed by atoms with Gasteiger partial charge in [-0.1, -0.05) is 49.4 Å². The van der Waals surface area contributed by atoms with Crippen LogP contribution in [0.25, 0.3) is 22.2 Å². The van der Waals surface area contributed by atoms with Crippen LogP contribution in [0, 0.1) is 0 Å². The Morgan fingerprint density at radius 2 is 1.81 bits per heavy atom. The van der Waals surface area contributed by atoms with E-state index in [2.05, 4.69) is 11.1 Å². The zero-order valence-electron chi connectivity index (χ0n) is 17.7. The number of benzene rings is 3. The predicted octanol–water partition coefficient (Wildman–Crippen LogP) is 4.76. The summed E-state index contributed by atoms with van der Waals surface area (Å²) in [5, 5.41) is 0. The number of fused-ring (bicyclic) bond motifs is 1. The van der Waals surface area contributed by atoms with Crippen molar-refractivity contribution in [1.29, 1.82) is 0 Å². The zero-order chi connectivity index (χ0) is 22.3. The fourth-order valence-electron chi connectivity index (χ4n) is 4.28. The van der Waals surface area contributed by atoms with Crippen LogP contribution in [0.2, 0.25) is 0 Å². The van der Waals surface area contributed by atoms with Crippen LogP contribution in [-0.2, 0) is 27.4 Å². The molecule has 0 aliphatic heterocycles. The highest BCUT2D eigenvalue weighted by Crippen LogP contribution is 2.50. The van der Waals surface area contributed by atoms with Gasteiger partial charge in [-0.05, 0) is 59.4 Å². The summed E-state index contributed by atoms with van der Waals surface area (Å²) in [7, 11) is -0.966. The molecule has 162 valence electrons. The van der Waals surface area contributed by atoms with Crippen molar-refractivity contribution >= 4 is 27.7 Å². The SMILES string of the molecule is CCS(=O)c1ccc(-c2cccc(CC(=O)C3(c4ccc5oc(=O)[nH]c5c4)CC3)c2)cc1. The molecule has 1 atom stereocenters. The number of hydrogen-bond acceptors (Lipinski definition) is 4. The molecule has 1 fully saturated rings. The van der Waals surface area contributed by atoms with E-state index < -0.39 is 22.0 Å². The van der Waals surface area contributed by atoms with Gasteiger partial charge < -0.3 is 4.42 Å². The Kier molecular flexibility index (Phi) is 5.18. The first-order valence-electron chi connectivity index (χ1n) is 10.7. The second kappa shape index (κ2) is 8.02. The fourth-order valence-corrected chi connectivity index (χ4v) is 5.06. The molecule has 1 unspecified atom stereocenters. The van der Waals surface area contributed by atoms with Gasteiger partial charge in [-0.25, -0.2) is 4.79 Å². The van der Waals surface area contributed by atoms with Crippen molar-refractivity contribution in [2.24, 2.45) is 0 Å². The van der Waals surface area contributed by atoms with Crippen LogP contribution >= 0.6 is 0 Å². The van der Waals surface area contributed by atoms with Gasteiger partial charge >= 0.3 is 5.76 Å². The smallest absolute Gasteiger partial charge is 0.408 e. The van der Waals surface area contributed by atoms with Crippen molar-refractivity contribution in [3.05, 3.63) is 88.4 Å². The molecule has 0 bridgehead atoms. The molecule has 1 saturated carbocycles. The van der Waals surface area contributed by atoms with E-state index in [0.717, 1.165) is 40.0 Å².